The van der Waals surface area contributed by atoms with Gasteiger partial charge >= 0.3 is 0 Å². The first-order chi connectivity index (χ1) is 21.0. The van der Waals surface area contributed by atoms with Crippen LogP contribution in [0.15, 0.2) is 40.3 Å². The summed E-state index contributed by atoms with van der Waals surface area (Å²) in [7, 11) is 0. The highest BCUT2D eigenvalue weighted by atomic mass is 16.5. The average molecular weight is 609 g/mol. The van der Waals surface area contributed by atoms with Gasteiger partial charge in [0.25, 0.3) is 11.8 Å². The van der Waals surface area contributed by atoms with Gasteiger partial charge in [-0.2, -0.15) is 0 Å². The van der Waals surface area contributed by atoms with Crippen LogP contribution in [-0.2, 0) is 5.41 Å². The Labute approximate surface area is 252 Å². The van der Waals surface area contributed by atoms with Crippen LogP contribution in [0.2, 0.25) is 0 Å². The molecule has 44 heavy (non-hydrogen) atoms. The summed E-state index contributed by atoms with van der Waals surface area (Å²) >= 11 is 0. The van der Waals surface area contributed by atoms with Crippen molar-refractivity contribution in [1.29, 1.82) is 0 Å². The highest BCUT2D eigenvalue weighted by Crippen LogP contribution is 2.42. The molecule has 234 valence electrons. The van der Waals surface area contributed by atoms with Gasteiger partial charge < -0.3 is 52.0 Å². The molecule has 5 heterocycles. The number of ether oxygens (including phenoxy) is 2. The number of aliphatic imine (C=N–C) groups is 2. The fourth-order valence-electron chi connectivity index (χ4n) is 6.35. The van der Waals surface area contributed by atoms with Gasteiger partial charge in [0, 0.05) is 24.7 Å². The highest BCUT2D eigenvalue weighted by Gasteiger charge is 2.65. The van der Waals surface area contributed by atoms with Crippen molar-refractivity contribution in [2.45, 2.75) is 55.6 Å². The zero-order chi connectivity index (χ0) is 31.2. The molecule has 1 spiro atoms. The number of para-hydroxylation sites is 1. The molecule has 9 N–H and O–H groups in total. The van der Waals surface area contributed by atoms with Crippen molar-refractivity contribution in [3.05, 3.63) is 47.2 Å². The number of aliphatic hydroxyl groups excluding tert-OH is 2. The minimum absolute atomic E-state index is 0.00425. The maximum absolute atomic E-state index is 13.6. The van der Waals surface area contributed by atoms with E-state index in [1.807, 2.05) is 12.1 Å². The molecule has 16 nitrogen and oxygen atoms in total. The normalized spacial score (nSPS) is 27.9. The van der Waals surface area contributed by atoms with Gasteiger partial charge in [-0.3, -0.25) is 9.59 Å². The number of benzene rings is 1. The van der Waals surface area contributed by atoms with Gasteiger partial charge in [-0.15, -0.1) is 10.2 Å². The fraction of sp³-hybridized carbons (Fsp3) is 0.500. The summed E-state index contributed by atoms with van der Waals surface area (Å²) in [6.07, 6.45) is -0.374. The van der Waals surface area contributed by atoms with E-state index < -0.39 is 41.7 Å². The second kappa shape index (κ2) is 11.1. The Balaban J connectivity index is 1.18. The van der Waals surface area contributed by atoms with E-state index in [9.17, 15) is 14.7 Å². The van der Waals surface area contributed by atoms with E-state index in [0.29, 0.717) is 17.9 Å². The fourth-order valence-corrected chi connectivity index (χ4v) is 6.35. The van der Waals surface area contributed by atoms with Crippen LogP contribution in [0.25, 0.3) is 0 Å². The number of nitrogens with one attached hydrogen (secondary N) is 3. The molecule has 1 fully saturated rings. The molecule has 6 rings (SSSR count). The molecule has 2 amide bonds. The molecule has 0 saturated carbocycles. The zero-order valence-corrected chi connectivity index (χ0v) is 24.4. The molecule has 4 aliphatic heterocycles. The monoisotopic (exact) mass is 608 g/mol. The number of guanidine groups is 2. The van der Waals surface area contributed by atoms with Crippen molar-refractivity contribution < 1.29 is 29.3 Å². The lowest BCUT2D eigenvalue weighted by molar-refractivity contribution is 0.0143. The molecule has 1 aromatic carbocycles. The van der Waals surface area contributed by atoms with Gasteiger partial charge in [0.05, 0.1) is 30.9 Å². The Morgan fingerprint density at radius 3 is 2.75 bits per heavy atom. The number of nitrogens with zero attached hydrogens (tertiary/aromatic N) is 5. The quantitative estimate of drug-likeness (QED) is 0.169. The lowest BCUT2D eigenvalue weighted by Crippen LogP contribution is -2.73. The van der Waals surface area contributed by atoms with E-state index in [0.717, 1.165) is 12.0 Å². The third-order valence-corrected chi connectivity index (χ3v) is 8.62. The molecule has 16 heteroatoms. The van der Waals surface area contributed by atoms with Crippen LogP contribution in [0, 0.1) is 0 Å². The first-order valence-corrected chi connectivity index (χ1v) is 14.4. The predicted octanol–water partition coefficient (Wildman–Crippen LogP) is -2.21. The van der Waals surface area contributed by atoms with Gasteiger partial charge in [-0.1, -0.05) is 26.0 Å². The third-order valence-electron chi connectivity index (χ3n) is 8.62. The Bertz CT molecular complexity index is 1510. The van der Waals surface area contributed by atoms with Gasteiger partial charge in [-0.05, 0) is 24.0 Å². The second-order valence-electron chi connectivity index (χ2n) is 11.8. The maximum atomic E-state index is 13.6. The lowest BCUT2D eigenvalue weighted by atomic mass is 9.79. The highest BCUT2D eigenvalue weighted by molar-refractivity contribution is 5.98. The topological polar surface area (TPSA) is 235 Å². The second-order valence-corrected chi connectivity index (χ2v) is 11.8. The summed E-state index contributed by atoms with van der Waals surface area (Å²) in [4.78, 5) is 37.2. The summed E-state index contributed by atoms with van der Waals surface area (Å²) in [5, 5.41) is 37.1. The molecular formula is C28H36N10O6. The van der Waals surface area contributed by atoms with Crippen LogP contribution in [0.5, 0.6) is 11.6 Å². The Morgan fingerprint density at radius 2 is 2.00 bits per heavy atom. The van der Waals surface area contributed by atoms with Crippen LogP contribution >= 0.6 is 0 Å². The summed E-state index contributed by atoms with van der Waals surface area (Å²) in [6.45, 7) is 4.73. The smallest absolute Gasteiger partial charge is 0.271 e. The number of carbonyl (C=O) groups excluding carboxylic acids is 2. The molecule has 0 aliphatic carbocycles. The maximum Gasteiger partial charge on any atom is 0.271 e. The summed E-state index contributed by atoms with van der Waals surface area (Å²) in [5.41, 5.74) is 12.5. The summed E-state index contributed by atoms with van der Waals surface area (Å²) in [5.74, 6) is -0.0255. The van der Waals surface area contributed by atoms with Gasteiger partial charge in [0.1, 0.15) is 24.5 Å². The standard InChI is InChI=1S/C28H36N10O6/c1-27(2)8-10-44-20-14(4-3-5-15(20)27)23(41)32-18-13-38-26(30)33-17(21-28(38,22(18)40)35-25(29)34-21)12-31-24(42)16-6-7-19(37-36-16)43-11-9-39/h3-7,17-18,21-22,39-40H,8-13H2,1-2H3,(H2,30,33)(H,31,42)(H,32,41)(H3,29,34,35)/t17-,18?,21?,22+,28?/m0/s1. The van der Waals surface area contributed by atoms with Crippen LogP contribution in [-0.4, -0.2) is 112 Å². The first kappa shape index (κ1) is 29.4. The number of amides is 2. The van der Waals surface area contributed by atoms with Gasteiger partial charge in [0.2, 0.25) is 5.88 Å². The number of fused-ring (bicyclic) bond motifs is 1. The van der Waals surface area contributed by atoms with E-state index in [1.54, 1.807) is 11.0 Å². The summed E-state index contributed by atoms with van der Waals surface area (Å²) < 4.78 is 11.1. The van der Waals surface area contributed by atoms with Crippen LogP contribution in [0.1, 0.15) is 46.7 Å². The molecule has 1 aromatic heterocycles. The molecule has 4 aliphatic rings. The number of nitrogens with two attached hydrogens (primary N) is 2. The Kier molecular flexibility index (Phi) is 7.41. The van der Waals surface area contributed by atoms with Crippen molar-refractivity contribution in [1.82, 2.24) is 31.0 Å². The van der Waals surface area contributed by atoms with Crippen molar-refractivity contribution in [2.24, 2.45) is 21.5 Å². The number of carbonyl (C=O) groups is 2. The number of hydrogen-bond acceptors (Lipinski definition) is 14. The van der Waals surface area contributed by atoms with Crippen molar-refractivity contribution in [2.75, 3.05) is 32.9 Å². The first-order valence-electron chi connectivity index (χ1n) is 14.4. The number of hydrogen-bond donors (Lipinski definition) is 7. The van der Waals surface area contributed by atoms with E-state index >= 15 is 0 Å². The van der Waals surface area contributed by atoms with E-state index in [1.165, 1.54) is 12.1 Å². The minimum atomic E-state index is -1.30. The third kappa shape index (κ3) is 4.89. The van der Waals surface area contributed by atoms with Crippen molar-refractivity contribution in [3.8, 4) is 11.6 Å². The number of aliphatic hydroxyl groups is 2. The van der Waals surface area contributed by atoms with E-state index in [2.05, 4.69) is 50.0 Å². The molecule has 1 saturated heterocycles. The van der Waals surface area contributed by atoms with E-state index in [-0.39, 0.29) is 55.2 Å². The lowest BCUT2D eigenvalue weighted by Gasteiger charge is -2.46. The SMILES string of the molecule is CC1(C)CCOc2c(C(=O)NC3CN4C(N)=N[C@@H](CNC(=O)c5ccc(OCCO)nn5)C5N=C(N)NC54[C@@H]3O)cccc21. The number of aromatic nitrogens is 2. The largest absolute Gasteiger partial charge is 0.492 e. The van der Waals surface area contributed by atoms with Crippen molar-refractivity contribution >= 4 is 23.7 Å². The molecule has 2 aromatic rings. The van der Waals surface area contributed by atoms with Crippen LogP contribution in [0.4, 0.5) is 0 Å². The van der Waals surface area contributed by atoms with Crippen molar-refractivity contribution in [3.63, 3.8) is 0 Å². The average Bonchev–Trinajstić information content (AvgIpc) is 3.50. The molecule has 3 unspecified atom stereocenters. The van der Waals surface area contributed by atoms with E-state index in [4.69, 9.17) is 26.0 Å². The number of rotatable bonds is 8. The Morgan fingerprint density at radius 1 is 1.18 bits per heavy atom. The van der Waals surface area contributed by atoms with Gasteiger partial charge in [0.15, 0.2) is 23.3 Å². The molecule has 5 atom stereocenters. The Hall–Kier alpha value is -4.70. The zero-order valence-electron chi connectivity index (χ0n) is 24.4. The molecule has 0 bridgehead atoms. The molecule has 0 radical (unpaired) electrons. The minimum Gasteiger partial charge on any atom is -0.492 e. The van der Waals surface area contributed by atoms with Crippen LogP contribution in [0.3, 0.4) is 0 Å². The predicted molar refractivity (Wildman–Crippen MR) is 157 cm³/mol. The van der Waals surface area contributed by atoms with Crippen LogP contribution < -0.4 is 36.9 Å². The van der Waals surface area contributed by atoms with Gasteiger partial charge in [-0.25, -0.2) is 9.98 Å². The molecular weight excluding hydrogens is 572 g/mol. The summed E-state index contributed by atoms with van der Waals surface area (Å²) in [6, 6.07) is 6.18.